The maximum Gasteiger partial charge on any atom is 0.225 e. The summed E-state index contributed by atoms with van der Waals surface area (Å²) in [7, 11) is 1.72. The minimum atomic E-state index is 0.320. The van der Waals surface area contributed by atoms with Crippen molar-refractivity contribution in [1.82, 2.24) is 9.97 Å². The molecule has 2 rings (SSSR count). The molecule has 0 saturated carbocycles. The first-order chi connectivity index (χ1) is 6.83. The van der Waals surface area contributed by atoms with Gasteiger partial charge in [-0.15, -0.1) is 0 Å². The molecule has 5 nitrogen and oxygen atoms in total. The fourth-order valence-corrected chi connectivity index (χ4v) is 1.40. The van der Waals surface area contributed by atoms with Gasteiger partial charge in [0.1, 0.15) is 0 Å². The van der Waals surface area contributed by atoms with Gasteiger partial charge in [0.25, 0.3) is 0 Å². The van der Waals surface area contributed by atoms with Crippen molar-refractivity contribution in [3.63, 3.8) is 0 Å². The second kappa shape index (κ2) is 3.89. The van der Waals surface area contributed by atoms with Gasteiger partial charge in [0.05, 0.1) is 11.8 Å². The van der Waals surface area contributed by atoms with Crippen molar-refractivity contribution in [3.05, 3.63) is 18.0 Å². The van der Waals surface area contributed by atoms with Gasteiger partial charge in [-0.1, -0.05) is 0 Å². The summed E-state index contributed by atoms with van der Waals surface area (Å²) in [6.45, 7) is 2.19. The van der Waals surface area contributed by atoms with Crippen LogP contribution in [0.2, 0.25) is 0 Å². The van der Waals surface area contributed by atoms with Crippen LogP contribution in [0.4, 0.5) is 5.95 Å². The molecule has 0 atom stereocenters. The summed E-state index contributed by atoms with van der Waals surface area (Å²) < 4.78 is 5.17. The summed E-state index contributed by atoms with van der Waals surface area (Å²) in [6, 6.07) is 1.83. The number of nitrogens with zero attached hydrogens (tertiary/aromatic N) is 3. The lowest BCUT2D eigenvalue weighted by atomic mass is 10.2. The molecule has 0 radical (unpaired) electrons. The van der Waals surface area contributed by atoms with Crippen LogP contribution in [-0.4, -0.2) is 36.3 Å². The molecule has 0 aliphatic carbocycles. The maximum absolute atomic E-state index is 5.50. The first-order valence-electron chi connectivity index (χ1n) is 4.63. The largest absolute Gasteiger partial charge is 0.378 e. The van der Waals surface area contributed by atoms with Gasteiger partial charge in [-0.25, -0.2) is 9.97 Å². The summed E-state index contributed by atoms with van der Waals surface area (Å²) >= 11 is 0. The summed E-state index contributed by atoms with van der Waals surface area (Å²) in [5.74, 6) is 0.751. The molecule has 1 aliphatic heterocycles. The molecule has 0 spiro atoms. The Balaban J connectivity index is 2.03. The average Bonchev–Trinajstić information content (AvgIpc) is 2.17. The SMILES string of the molecule is COC1CN(c2nccc(CN)n2)C1. The van der Waals surface area contributed by atoms with Gasteiger partial charge in [0.15, 0.2) is 0 Å². The Morgan fingerprint density at radius 3 is 3.07 bits per heavy atom. The van der Waals surface area contributed by atoms with Gasteiger partial charge in [-0.2, -0.15) is 0 Å². The van der Waals surface area contributed by atoms with Gasteiger partial charge < -0.3 is 15.4 Å². The minimum absolute atomic E-state index is 0.320. The monoisotopic (exact) mass is 194 g/mol. The zero-order chi connectivity index (χ0) is 9.97. The van der Waals surface area contributed by atoms with Crippen LogP contribution in [0.3, 0.4) is 0 Å². The Morgan fingerprint density at radius 1 is 1.64 bits per heavy atom. The van der Waals surface area contributed by atoms with Crippen molar-refractivity contribution in [3.8, 4) is 0 Å². The number of anilines is 1. The maximum atomic E-state index is 5.50. The van der Waals surface area contributed by atoms with E-state index in [0.717, 1.165) is 24.7 Å². The van der Waals surface area contributed by atoms with E-state index in [1.54, 1.807) is 13.3 Å². The van der Waals surface area contributed by atoms with Crippen molar-refractivity contribution >= 4 is 5.95 Å². The van der Waals surface area contributed by atoms with E-state index < -0.39 is 0 Å². The van der Waals surface area contributed by atoms with Gasteiger partial charge >= 0.3 is 0 Å². The summed E-state index contributed by atoms with van der Waals surface area (Å²) in [6.07, 6.45) is 2.06. The molecule has 0 amide bonds. The normalized spacial score (nSPS) is 16.9. The Kier molecular flexibility index (Phi) is 2.60. The molecule has 1 aromatic rings. The molecule has 1 aromatic heterocycles. The zero-order valence-corrected chi connectivity index (χ0v) is 8.18. The van der Waals surface area contributed by atoms with Crippen molar-refractivity contribution < 1.29 is 4.74 Å². The number of methoxy groups -OCH3 is 1. The molecule has 1 aliphatic rings. The molecule has 0 aromatic carbocycles. The van der Waals surface area contributed by atoms with E-state index in [-0.39, 0.29) is 0 Å². The lowest BCUT2D eigenvalue weighted by Crippen LogP contribution is -2.52. The number of aromatic nitrogens is 2. The van der Waals surface area contributed by atoms with Crippen molar-refractivity contribution in [2.24, 2.45) is 5.73 Å². The van der Waals surface area contributed by atoms with Crippen LogP contribution >= 0.6 is 0 Å². The summed E-state index contributed by atoms with van der Waals surface area (Å²) in [5, 5.41) is 0. The van der Waals surface area contributed by atoms with Gasteiger partial charge in [-0.3, -0.25) is 0 Å². The lowest BCUT2D eigenvalue weighted by Gasteiger charge is -2.38. The summed E-state index contributed by atoms with van der Waals surface area (Å²) in [5.41, 5.74) is 6.37. The van der Waals surface area contributed by atoms with E-state index in [1.165, 1.54) is 0 Å². The molecule has 0 unspecified atom stereocenters. The molecule has 5 heteroatoms. The molecular formula is C9H14N4O. The van der Waals surface area contributed by atoms with Crippen LogP contribution in [-0.2, 0) is 11.3 Å². The average molecular weight is 194 g/mol. The fourth-order valence-electron chi connectivity index (χ4n) is 1.40. The van der Waals surface area contributed by atoms with Crippen molar-refractivity contribution in [2.45, 2.75) is 12.6 Å². The van der Waals surface area contributed by atoms with E-state index in [4.69, 9.17) is 10.5 Å². The van der Waals surface area contributed by atoms with E-state index in [1.807, 2.05) is 6.07 Å². The molecule has 2 N–H and O–H groups in total. The van der Waals surface area contributed by atoms with E-state index in [0.29, 0.717) is 12.6 Å². The van der Waals surface area contributed by atoms with E-state index in [2.05, 4.69) is 14.9 Å². The highest BCUT2D eigenvalue weighted by molar-refractivity contribution is 5.34. The smallest absolute Gasteiger partial charge is 0.225 e. The number of nitrogens with two attached hydrogens (primary N) is 1. The molecule has 76 valence electrons. The number of hydrogen-bond donors (Lipinski definition) is 1. The second-order valence-corrected chi connectivity index (χ2v) is 3.31. The van der Waals surface area contributed by atoms with E-state index in [9.17, 15) is 0 Å². The third-order valence-electron chi connectivity index (χ3n) is 2.37. The lowest BCUT2D eigenvalue weighted by molar-refractivity contribution is 0.0778. The zero-order valence-electron chi connectivity index (χ0n) is 8.18. The highest BCUT2D eigenvalue weighted by atomic mass is 16.5. The third kappa shape index (κ3) is 1.69. The molecule has 1 fully saturated rings. The van der Waals surface area contributed by atoms with Crippen LogP contribution in [0.15, 0.2) is 12.3 Å². The molecular weight excluding hydrogens is 180 g/mol. The van der Waals surface area contributed by atoms with Crippen LogP contribution in [0.5, 0.6) is 0 Å². The van der Waals surface area contributed by atoms with Gasteiger partial charge in [0, 0.05) is 32.9 Å². The van der Waals surface area contributed by atoms with Crippen LogP contribution in [0.25, 0.3) is 0 Å². The predicted octanol–water partition coefficient (Wildman–Crippen LogP) is -0.230. The van der Waals surface area contributed by atoms with Crippen molar-refractivity contribution in [2.75, 3.05) is 25.1 Å². The number of rotatable bonds is 3. The Morgan fingerprint density at radius 2 is 2.43 bits per heavy atom. The highest BCUT2D eigenvalue weighted by Gasteiger charge is 2.28. The second-order valence-electron chi connectivity index (χ2n) is 3.31. The van der Waals surface area contributed by atoms with Gasteiger partial charge in [-0.05, 0) is 6.07 Å². The standard InChI is InChI=1S/C9H14N4O/c1-14-8-5-13(6-8)9-11-3-2-7(4-10)12-9/h2-3,8H,4-6,10H2,1H3. The molecule has 2 heterocycles. The molecule has 1 saturated heterocycles. The Hall–Kier alpha value is -1.20. The third-order valence-corrected chi connectivity index (χ3v) is 2.37. The first kappa shape index (κ1) is 9.36. The fraction of sp³-hybridized carbons (Fsp3) is 0.556. The molecule has 14 heavy (non-hydrogen) atoms. The quantitative estimate of drug-likeness (QED) is 0.720. The predicted molar refractivity (Wildman–Crippen MR) is 52.9 cm³/mol. The van der Waals surface area contributed by atoms with Crippen molar-refractivity contribution in [1.29, 1.82) is 0 Å². The first-order valence-corrected chi connectivity index (χ1v) is 4.63. The number of ether oxygens (including phenoxy) is 1. The van der Waals surface area contributed by atoms with Gasteiger partial charge in [0.2, 0.25) is 5.95 Å². The van der Waals surface area contributed by atoms with Crippen LogP contribution in [0.1, 0.15) is 5.69 Å². The minimum Gasteiger partial charge on any atom is -0.378 e. The van der Waals surface area contributed by atoms with Crippen LogP contribution < -0.4 is 10.6 Å². The summed E-state index contributed by atoms with van der Waals surface area (Å²) in [4.78, 5) is 10.6. The Labute approximate surface area is 82.9 Å². The van der Waals surface area contributed by atoms with Crippen LogP contribution in [0, 0.1) is 0 Å². The molecule has 0 bridgehead atoms. The number of hydrogen-bond acceptors (Lipinski definition) is 5. The topological polar surface area (TPSA) is 64.3 Å². The van der Waals surface area contributed by atoms with E-state index >= 15 is 0 Å². The Bertz CT molecular complexity index is 311. The highest BCUT2D eigenvalue weighted by Crippen LogP contribution is 2.17.